The first kappa shape index (κ1) is 13.0. The molecule has 0 saturated heterocycles. The number of nitrogens with zero attached hydrogens (tertiary/aromatic N) is 1. The first-order valence-electron chi connectivity index (χ1n) is 2.88. The van der Waals surface area contributed by atoms with E-state index in [0.717, 1.165) is 12.1 Å². The van der Waals surface area contributed by atoms with Crippen LogP contribution in [0, 0.1) is 9.85 Å². The predicted octanol–water partition coefficient (Wildman–Crippen LogP) is -0.414. The van der Waals surface area contributed by atoms with E-state index in [9.17, 15) is 18.4 Å². The number of aromatic nitrogens is 1. The van der Waals surface area contributed by atoms with Crippen LogP contribution < -0.4 is 29.6 Å². The third-order valence-electron chi connectivity index (χ3n) is 1.21. The Morgan fingerprint density at radius 3 is 2.23 bits per heavy atom. The Kier molecular flexibility index (Phi) is 4.44. The van der Waals surface area contributed by atoms with Crippen LogP contribution in [0.3, 0.4) is 0 Å². The van der Waals surface area contributed by atoms with Crippen molar-refractivity contribution in [3.63, 3.8) is 0 Å². The standard InChI is InChI=1S/C6H3F3NOS.Na/c7-6(8,9)4-1-2-5(12)10(11)3-4;/h1-3H;/q-1;+1. The summed E-state index contributed by atoms with van der Waals surface area (Å²) in [5, 5.41) is 10.6. The van der Waals surface area contributed by atoms with Crippen molar-refractivity contribution in [3.8, 4) is 0 Å². The predicted molar refractivity (Wildman–Crippen MR) is 39.0 cm³/mol. The molecular weight excluding hydrogens is 214 g/mol. The molecule has 0 radical (unpaired) electrons. The molecule has 0 atom stereocenters. The van der Waals surface area contributed by atoms with Crippen LogP contribution in [0.15, 0.2) is 18.3 Å². The number of halogens is 3. The maximum atomic E-state index is 11.9. The van der Waals surface area contributed by atoms with Crippen molar-refractivity contribution >= 4 is 12.2 Å². The van der Waals surface area contributed by atoms with E-state index in [2.05, 4.69) is 12.2 Å². The van der Waals surface area contributed by atoms with Crippen LogP contribution in [0.25, 0.3) is 0 Å². The van der Waals surface area contributed by atoms with Crippen LogP contribution in [0.2, 0.25) is 0 Å². The molecule has 0 fully saturated rings. The van der Waals surface area contributed by atoms with E-state index in [0.29, 0.717) is 6.20 Å². The number of hydrogen-bond acceptors (Lipinski definition) is 2. The van der Waals surface area contributed by atoms with Crippen LogP contribution in [0.4, 0.5) is 13.2 Å². The number of hydrogen-bond donors (Lipinski definition) is 0. The molecule has 13 heavy (non-hydrogen) atoms. The molecule has 0 unspecified atom stereocenters. The summed E-state index contributed by atoms with van der Waals surface area (Å²) in [6, 6.07) is 1.72. The van der Waals surface area contributed by atoms with Crippen molar-refractivity contribution in [2.45, 2.75) is 6.18 Å². The number of rotatable bonds is 0. The van der Waals surface area contributed by atoms with E-state index in [1.165, 1.54) is 0 Å². The van der Waals surface area contributed by atoms with Crippen LogP contribution in [0.5, 0.6) is 0 Å². The molecule has 0 N–H and O–H groups in total. The van der Waals surface area contributed by atoms with Crippen molar-refractivity contribution < 1.29 is 42.7 Å². The van der Waals surface area contributed by atoms with Gasteiger partial charge in [-0.3, -0.25) is 0 Å². The van der Waals surface area contributed by atoms with Crippen molar-refractivity contribution in [1.82, 2.24) is 4.73 Å². The average Bonchev–Trinajstić information content (AvgIpc) is 1.92. The molecule has 0 saturated carbocycles. The molecular formula is C6H3F3NNaOS. The van der Waals surface area contributed by atoms with Gasteiger partial charge in [0.15, 0.2) is 0 Å². The summed E-state index contributed by atoms with van der Waals surface area (Å²) >= 11 is 4.42. The third kappa shape index (κ3) is 3.30. The van der Waals surface area contributed by atoms with Gasteiger partial charge in [0.1, 0.15) is 4.64 Å². The molecule has 0 aliphatic heterocycles. The molecule has 1 aromatic heterocycles. The van der Waals surface area contributed by atoms with Crippen molar-refractivity contribution in [2.75, 3.05) is 0 Å². The van der Waals surface area contributed by atoms with Crippen molar-refractivity contribution in [2.24, 2.45) is 0 Å². The molecule has 2 nitrogen and oxygen atoms in total. The van der Waals surface area contributed by atoms with Crippen LogP contribution in [-0.4, -0.2) is 4.73 Å². The van der Waals surface area contributed by atoms with Gasteiger partial charge >= 0.3 is 35.7 Å². The van der Waals surface area contributed by atoms with Gasteiger partial charge in [-0.15, -0.1) is 0 Å². The Bertz CT molecular complexity index is 348. The topological polar surface area (TPSA) is 28.0 Å². The molecule has 0 aliphatic rings. The van der Waals surface area contributed by atoms with Gasteiger partial charge in [0.25, 0.3) is 0 Å². The van der Waals surface area contributed by atoms with Gasteiger partial charge in [-0.2, -0.15) is 13.2 Å². The quantitative estimate of drug-likeness (QED) is 0.436. The van der Waals surface area contributed by atoms with E-state index in [1.807, 2.05) is 0 Å². The monoisotopic (exact) mass is 217 g/mol. The minimum absolute atomic E-state index is 0. The van der Waals surface area contributed by atoms with E-state index in [4.69, 9.17) is 0 Å². The number of pyridine rings is 1. The maximum Gasteiger partial charge on any atom is 1.00 e. The minimum atomic E-state index is -4.49. The van der Waals surface area contributed by atoms with Gasteiger partial charge in [0.2, 0.25) is 0 Å². The Labute approximate surface area is 99.2 Å². The summed E-state index contributed by atoms with van der Waals surface area (Å²) in [6.07, 6.45) is -4.07. The number of alkyl halides is 3. The van der Waals surface area contributed by atoms with Crippen molar-refractivity contribution in [3.05, 3.63) is 33.7 Å². The minimum Gasteiger partial charge on any atom is -0.805 e. The van der Waals surface area contributed by atoms with E-state index >= 15 is 0 Å². The maximum absolute atomic E-state index is 11.9. The Balaban J connectivity index is 0.00000144. The second kappa shape index (κ2) is 4.45. The zero-order valence-electron chi connectivity index (χ0n) is 6.63. The van der Waals surface area contributed by atoms with E-state index < -0.39 is 11.7 Å². The molecule has 0 aromatic carbocycles. The Morgan fingerprint density at radius 2 is 1.85 bits per heavy atom. The zero-order valence-corrected chi connectivity index (χ0v) is 9.45. The largest absolute Gasteiger partial charge is 1.00 e. The van der Waals surface area contributed by atoms with Crippen LogP contribution >= 0.6 is 12.2 Å². The van der Waals surface area contributed by atoms with E-state index in [-0.39, 0.29) is 38.9 Å². The summed E-state index contributed by atoms with van der Waals surface area (Å²) in [4.78, 5) is 0. The molecule has 0 bridgehead atoms. The first-order chi connectivity index (χ1) is 5.41. The third-order valence-corrected chi connectivity index (χ3v) is 1.52. The second-order valence-electron chi connectivity index (χ2n) is 2.08. The van der Waals surface area contributed by atoms with Crippen LogP contribution in [-0.2, 0) is 6.18 Å². The molecule has 1 rings (SSSR count). The van der Waals surface area contributed by atoms with Crippen molar-refractivity contribution in [1.29, 1.82) is 0 Å². The molecule has 0 spiro atoms. The van der Waals surface area contributed by atoms with Gasteiger partial charge in [0.05, 0.1) is 5.56 Å². The van der Waals surface area contributed by atoms with Crippen LogP contribution in [0.1, 0.15) is 5.56 Å². The summed E-state index contributed by atoms with van der Waals surface area (Å²) in [6.45, 7) is 0. The van der Waals surface area contributed by atoms with E-state index in [1.54, 1.807) is 0 Å². The fourth-order valence-electron chi connectivity index (χ4n) is 0.635. The van der Waals surface area contributed by atoms with Gasteiger partial charge < -0.3 is 9.94 Å². The zero-order chi connectivity index (χ0) is 9.35. The SMILES string of the molecule is [Na+].[O-]n1cc(C(F)(F)F)ccc1=S. The smallest absolute Gasteiger partial charge is 0.805 e. The molecule has 1 heterocycles. The molecule has 0 aliphatic carbocycles. The van der Waals surface area contributed by atoms with Gasteiger partial charge in [0, 0.05) is 6.20 Å². The summed E-state index contributed by atoms with van der Waals surface area (Å²) in [5.41, 5.74) is -0.994. The summed E-state index contributed by atoms with van der Waals surface area (Å²) < 4.78 is 35.6. The van der Waals surface area contributed by atoms with Gasteiger partial charge in [-0.25, -0.2) is 0 Å². The van der Waals surface area contributed by atoms with Gasteiger partial charge in [-0.1, -0.05) is 12.2 Å². The second-order valence-corrected chi connectivity index (χ2v) is 2.50. The Hall–Kier alpha value is -0.0400. The molecule has 1 aromatic rings. The normalized spacial score (nSPS) is 10.7. The molecule has 7 heteroatoms. The fraction of sp³-hybridized carbons (Fsp3) is 0.167. The summed E-state index contributed by atoms with van der Waals surface area (Å²) in [7, 11) is 0. The van der Waals surface area contributed by atoms with Gasteiger partial charge in [-0.05, 0) is 12.1 Å². The fourth-order valence-corrected chi connectivity index (χ4v) is 0.756. The average molecular weight is 217 g/mol. The molecule has 0 amide bonds. The first-order valence-corrected chi connectivity index (χ1v) is 3.29. The molecule has 66 valence electrons. The Morgan fingerprint density at radius 1 is 1.31 bits per heavy atom. The summed E-state index contributed by atoms with van der Waals surface area (Å²) in [5.74, 6) is 0.